The largest absolute Gasteiger partial charge is 0.431 e. The molecular formula is C12H8F6N2. The molecule has 1 aromatic rings. The zero-order valence-electron chi connectivity index (χ0n) is 9.81. The van der Waals surface area contributed by atoms with Crippen molar-refractivity contribution < 1.29 is 26.3 Å². The number of nitrogens with one attached hydrogen (secondary N) is 1. The maximum atomic E-state index is 12.6. The molecule has 20 heavy (non-hydrogen) atoms. The van der Waals surface area contributed by atoms with Gasteiger partial charge >= 0.3 is 12.4 Å². The second-order valence-corrected chi connectivity index (χ2v) is 4.01. The van der Waals surface area contributed by atoms with Gasteiger partial charge in [-0.1, -0.05) is 12.1 Å². The van der Waals surface area contributed by atoms with E-state index < -0.39 is 23.6 Å². The number of aliphatic imine (C=N–C) groups is 1. The molecule has 1 aromatic carbocycles. The number of allylic oxidation sites excluding steroid dienone is 2. The maximum Gasteiger partial charge on any atom is 0.431 e. The Morgan fingerprint density at radius 2 is 1.70 bits per heavy atom. The molecule has 1 aliphatic heterocycles. The topological polar surface area (TPSA) is 24.4 Å². The second-order valence-electron chi connectivity index (χ2n) is 4.01. The van der Waals surface area contributed by atoms with E-state index in [1.165, 1.54) is 6.07 Å². The Labute approximate surface area is 109 Å². The predicted molar refractivity (Wildman–Crippen MR) is 60.1 cm³/mol. The van der Waals surface area contributed by atoms with Gasteiger partial charge in [-0.3, -0.25) is 4.99 Å². The third-order valence-electron chi connectivity index (χ3n) is 2.59. The van der Waals surface area contributed by atoms with E-state index in [4.69, 9.17) is 0 Å². The highest BCUT2D eigenvalue weighted by atomic mass is 19.4. The molecule has 0 saturated heterocycles. The number of hydrogen-bond donors (Lipinski definition) is 1. The van der Waals surface area contributed by atoms with E-state index in [0.717, 1.165) is 18.2 Å². The van der Waals surface area contributed by atoms with Crippen LogP contribution in [0.2, 0.25) is 0 Å². The molecule has 1 heterocycles. The number of rotatable bonds is 1. The molecule has 1 aliphatic rings. The molecule has 8 heteroatoms. The SMILES string of the molecule is FC(F)(F)C1=CC(c2cccc(C(F)(F)F)c2)=NCN1. The van der Waals surface area contributed by atoms with Crippen LogP contribution in [0.4, 0.5) is 26.3 Å². The highest BCUT2D eigenvalue weighted by Gasteiger charge is 2.35. The highest BCUT2D eigenvalue weighted by molar-refractivity contribution is 6.09. The number of halogens is 6. The standard InChI is InChI=1S/C12H8F6N2/c13-11(14,15)8-3-1-2-7(4-8)9-5-10(12(16,17)18)20-6-19-9/h1-5,20H,6H2. The molecule has 0 aliphatic carbocycles. The van der Waals surface area contributed by atoms with Gasteiger partial charge in [0, 0.05) is 5.56 Å². The fourth-order valence-electron chi connectivity index (χ4n) is 1.65. The summed E-state index contributed by atoms with van der Waals surface area (Å²) < 4.78 is 75.3. The molecular weight excluding hydrogens is 286 g/mol. The molecule has 2 nitrogen and oxygen atoms in total. The van der Waals surface area contributed by atoms with E-state index >= 15 is 0 Å². The molecule has 0 fully saturated rings. The van der Waals surface area contributed by atoms with Crippen molar-refractivity contribution in [3.63, 3.8) is 0 Å². The van der Waals surface area contributed by atoms with E-state index in [0.29, 0.717) is 6.08 Å². The van der Waals surface area contributed by atoms with Gasteiger partial charge in [0.25, 0.3) is 0 Å². The Morgan fingerprint density at radius 1 is 1.00 bits per heavy atom. The van der Waals surface area contributed by atoms with Crippen LogP contribution in [0, 0.1) is 0 Å². The Morgan fingerprint density at radius 3 is 2.30 bits per heavy atom. The maximum absolute atomic E-state index is 12.6. The normalized spacial score (nSPS) is 16.3. The molecule has 0 aromatic heterocycles. The Bertz CT molecular complexity index is 568. The summed E-state index contributed by atoms with van der Waals surface area (Å²) in [7, 11) is 0. The highest BCUT2D eigenvalue weighted by Crippen LogP contribution is 2.30. The molecule has 2 rings (SSSR count). The molecule has 0 atom stereocenters. The molecule has 0 radical (unpaired) electrons. The van der Waals surface area contributed by atoms with Gasteiger partial charge in [0.1, 0.15) is 12.4 Å². The van der Waals surface area contributed by atoms with Gasteiger partial charge < -0.3 is 5.32 Å². The smallest absolute Gasteiger partial charge is 0.362 e. The van der Waals surface area contributed by atoms with Crippen molar-refractivity contribution >= 4 is 5.71 Å². The van der Waals surface area contributed by atoms with Crippen LogP contribution in [0.3, 0.4) is 0 Å². The lowest BCUT2D eigenvalue weighted by Crippen LogP contribution is -2.30. The Kier molecular flexibility index (Phi) is 3.49. The zero-order chi connectivity index (χ0) is 15.0. The average molecular weight is 294 g/mol. The summed E-state index contributed by atoms with van der Waals surface area (Å²) >= 11 is 0. The van der Waals surface area contributed by atoms with Gasteiger partial charge in [0.15, 0.2) is 0 Å². The number of benzene rings is 1. The minimum atomic E-state index is -4.59. The van der Waals surface area contributed by atoms with Crippen molar-refractivity contribution in [2.24, 2.45) is 4.99 Å². The first kappa shape index (κ1) is 14.4. The van der Waals surface area contributed by atoms with Crippen molar-refractivity contribution in [3.8, 4) is 0 Å². The monoisotopic (exact) mass is 294 g/mol. The van der Waals surface area contributed by atoms with E-state index in [2.05, 4.69) is 4.99 Å². The van der Waals surface area contributed by atoms with Gasteiger partial charge in [0.2, 0.25) is 0 Å². The fourth-order valence-corrected chi connectivity index (χ4v) is 1.65. The zero-order valence-corrected chi connectivity index (χ0v) is 9.81. The van der Waals surface area contributed by atoms with Crippen LogP contribution in [0.25, 0.3) is 0 Å². The molecule has 108 valence electrons. The van der Waals surface area contributed by atoms with Gasteiger partial charge in [0.05, 0.1) is 11.3 Å². The summed E-state index contributed by atoms with van der Waals surface area (Å²) in [5, 5.41) is 2.03. The summed E-state index contributed by atoms with van der Waals surface area (Å²) in [6.07, 6.45) is -8.46. The van der Waals surface area contributed by atoms with Crippen molar-refractivity contribution in [1.29, 1.82) is 0 Å². The summed E-state index contributed by atoms with van der Waals surface area (Å²) in [5.74, 6) is 0. The van der Waals surface area contributed by atoms with Crippen LogP contribution in [0.5, 0.6) is 0 Å². The molecule has 1 N–H and O–H groups in total. The van der Waals surface area contributed by atoms with Crippen LogP contribution in [0.1, 0.15) is 11.1 Å². The van der Waals surface area contributed by atoms with Crippen LogP contribution >= 0.6 is 0 Å². The van der Waals surface area contributed by atoms with Crippen molar-refractivity contribution in [2.75, 3.05) is 6.67 Å². The van der Waals surface area contributed by atoms with Crippen LogP contribution in [-0.4, -0.2) is 18.6 Å². The number of hydrogen-bond acceptors (Lipinski definition) is 2. The molecule has 0 bridgehead atoms. The third kappa shape index (κ3) is 3.12. The van der Waals surface area contributed by atoms with Gasteiger partial charge in [-0.05, 0) is 18.2 Å². The number of nitrogens with zero attached hydrogens (tertiary/aromatic N) is 1. The van der Waals surface area contributed by atoms with Gasteiger partial charge in [-0.2, -0.15) is 26.3 Å². The summed E-state index contributed by atoms with van der Waals surface area (Å²) in [6, 6.07) is 4.03. The second kappa shape index (κ2) is 4.84. The lowest BCUT2D eigenvalue weighted by atomic mass is 10.0. The number of alkyl halides is 6. The van der Waals surface area contributed by atoms with Crippen LogP contribution in [0.15, 0.2) is 41.0 Å². The predicted octanol–water partition coefficient (Wildman–Crippen LogP) is 3.50. The molecule has 0 amide bonds. The summed E-state index contributed by atoms with van der Waals surface area (Å²) in [6.45, 7) is -0.336. The average Bonchev–Trinajstić information content (AvgIpc) is 2.37. The minimum Gasteiger partial charge on any atom is -0.362 e. The lowest BCUT2D eigenvalue weighted by Gasteiger charge is -2.18. The Hall–Kier alpha value is -1.99. The summed E-state index contributed by atoms with van der Waals surface area (Å²) in [4.78, 5) is 3.75. The van der Waals surface area contributed by atoms with E-state index in [-0.39, 0.29) is 17.9 Å². The van der Waals surface area contributed by atoms with E-state index in [1.807, 2.05) is 5.32 Å². The fraction of sp³-hybridized carbons (Fsp3) is 0.250. The molecule has 0 unspecified atom stereocenters. The quantitative estimate of drug-likeness (QED) is 0.788. The Balaban J connectivity index is 2.38. The first-order chi connectivity index (χ1) is 9.18. The van der Waals surface area contributed by atoms with Gasteiger partial charge in [-0.15, -0.1) is 0 Å². The summed E-state index contributed by atoms with van der Waals surface area (Å²) in [5.41, 5.74) is -2.11. The lowest BCUT2D eigenvalue weighted by molar-refractivity contribution is -0.137. The molecule has 0 spiro atoms. The first-order valence-corrected chi connectivity index (χ1v) is 5.43. The van der Waals surface area contributed by atoms with Crippen LogP contribution < -0.4 is 5.32 Å². The van der Waals surface area contributed by atoms with Crippen molar-refractivity contribution in [3.05, 3.63) is 47.2 Å². The first-order valence-electron chi connectivity index (χ1n) is 5.43. The molecule has 0 saturated carbocycles. The minimum absolute atomic E-state index is 0.0110. The van der Waals surface area contributed by atoms with Crippen molar-refractivity contribution in [1.82, 2.24) is 5.32 Å². The van der Waals surface area contributed by atoms with E-state index in [9.17, 15) is 26.3 Å². The van der Waals surface area contributed by atoms with Crippen LogP contribution in [-0.2, 0) is 6.18 Å². The third-order valence-corrected chi connectivity index (χ3v) is 2.59. The van der Waals surface area contributed by atoms with Crippen molar-refractivity contribution in [2.45, 2.75) is 12.4 Å². The van der Waals surface area contributed by atoms with Gasteiger partial charge in [-0.25, -0.2) is 0 Å². The van der Waals surface area contributed by atoms with E-state index in [1.54, 1.807) is 0 Å².